The molecule has 2 heteroatoms. The molecule has 0 aromatic carbocycles. The van der Waals surface area contributed by atoms with E-state index in [9.17, 15) is 0 Å². The van der Waals surface area contributed by atoms with Gasteiger partial charge < -0.3 is 5.32 Å². The molecule has 0 spiro atoms. The number of nitrogens with zero attached hydrogens (tertiary/aromatic N) is 1. The predicted octanol–water partition coefficient (Wildman–Crippen LogP) is 4.19. The normalized spacial score (nSPS) is 29.1. The molecule has 19 heavy (non-hydrogen) atoms. The van der Waals surface area contributed by atoms with Crippen molar-refractivity contribution in [1.29, 1.82) is 0 Å². The Balaban J connectivity index is 2.12. The quantitative estimate of drug-likeness (QED) is 0.858. The van der Waals surface area contributed by atoms with E-state index in [0.717, 1.165) is 24.3 Å². The molecule has 2 rings (SSSR count). The fourth-order valence-electron chi connectivity index (χ4n) is 3.65. The van der Waals surface area contributed by atoms with E-state index in [4.69, 9.17) is 0 Å². The van der Waals surface area contributed by atoms with Crippen molar-refractivity contribution in [3.8, 4) is 0 Å². The molecule has 0 saturated heterocycles. The number of rotatable bonds is 5. The summed E-state index contributed by atoms with van der Waals surface area (Å²) in [7, 11) is 0. The van der Waals surface area contributed by atoms with Crippen LogP contribution in [0.1, 0.15) is 58.2 Å². The molecule has 1 N–H and O–H groups in total. The molecule has 1 aliphatic carbocycles. The lowest BCUT2D eigenvalue weighted by Gasteiger charge is -2.36. The fraction of sp³-hybridized carbons (Fsp3) is 0.706. The third kappa shape index (κ3) is 4.04. The average Bonchev–Trinajstić information content (AvgIpc) is 2.39. The monoisotopic (exact) mass is 260 g/mol. The maximum Gasteiger partial charge on any atom is 0.0576 e. The second-order valence-electron chi connectivity index (χ2n) is 6.36. The van der Waals surface area contributed by atoms with Crippen molar-refractivity contribution >= 4 is 0 Å². The smallest absolute Gasteiger partial charge is 0.0576 e. The van der Waals surface area contributed by atoms with Gasteiger partial charge in [-0.25, -0.2) is 0 Å². The van der Waals surface area contributed by atoms with E-state index >= 15 is 0 Å². The topological polar surface area (TPSA) is 24.9 Å². The highest BCUT2D eigenvalue weighted by molar-refractivity contribution is 5.10. The van der Waals surface area contributed by atoms with Crippen LogP contribution in [0.2, 0.25) is 0 Å². The van der Waals surface area contributed by atoms with Crippen molar-refractivity contribution < 1.29 is 0 Å². The van der Waals surface area contributed by atoms with Crippen LogP contribution < -0.4 is 5.32 Å². The fourth-order valence-corrected chi connectivity index (χ4v) is 3.65. The highest BCUT2D eigenvalue weighted by Gasteiger charge is 2.31. The summed E-state index contributed by atoms with van der Waals surface area (Å²) in [6.45, 7) is 8.12. The molecule has 3 unspecified atom stereocenters. The van der Waals surface area contributed by atoms with Gasteiger partial charge in [0.05, 0.1) is 11.7 Å². The number of aromatic nitrogens is 1. The van der Waals surface area contributed by atoms with Crippen LogP contribution in [0.5, 0.6) is 0 Å². The molecule has 1 aliphatic rings. The maximum atomic E-state index is 4.59. The van der Waals surface area contributed by atoms with Crippen molar-refractivity contribution in [2.45, 2.75) is 52.5 Å². The predicted molar refractivity (Wildman–Crippen MR) is 80.9 cm³/mol. The average molecular weight is 260 g/mol. The highest BCUT2D eigenvalue weighted by Crippen LogP contribution is 2.39. The highest BCUT2D eigenvalue weighted by atomic mass is 14.9. The van der Waals surface area contributed by atoms with Gasteiger partial charge in [-0.15, -0.1) is 0 Å². The Morgan fingerprint density at radius 2 is 1.95 bits per heavy atom. The summed E-state index contributed by atoms with van der Waals surface area (Å²) in [6, 6.07) is 6.73. The van der Waals surface area contributed by atoms with Gasteiger partial charge in [0.25, 0.3) is 0 Å². The largest absolute Gasteiger partial charge is 0.308 e. The van der Waals surface area contributed by atoms with Crippen molar-refractivity contribution in [3.05, 3.63) is 30.1 Å². The number of pyridine rings is 1. The Hall–Kier alpha value is -0.890. The zero-order valence-corrected chi connectivity index (χ0v) is 12.6. The molecular formula is C17H28N2. The van der Waals surface area contributed by atoms with Crippen molar-refractivity contribution in [3.63, 3.8) is 0 Å². The lowest BCUT2D eigenvalue weighted by Crippen LogP contribution is -2.34. The molecule has 1 aromatic heterocycles. The maximum absolute atomic E-state index is 4.59. The summed E-state index contributed by atoms with van der Waals surface area (Å²) in [5.41, 5.74) is 1.22. The van der Waals surface area contributed by atoms with Gasteiger partial charge in [-0.2, -0.15) is 0 Å². The number of hydrogen-bond donors (Lipinski definition) is 1. The van der Waals surface area contributed by atoms with Crippen LogP contribution >= 0.6 is 0 Å². The van der Waals surface area contributed by atoms with E-state index in [1.165, 1.54) is 31.4 Å². The van der Waals surface area contributed by atoms with Gasteiger partial charge >= 0.3 is 0 Å². The summed E-state index contributed by atoms with van der Waals surface area (Å²) in [5, 5.41) is 3.73. The van der Waals surface area contributed by atoms with E-state index in [2.05, 4.69) is 43.2 Å². The zero-order valence-electron chi connectivity index (χ0n) is 12.6. The third-order valence-electron chi connectivity index (χ3n) is 4.31. The van der Waals surface area contributed by atoms with Crippen LogP contribution in [0.3, 0.4) is 0 Å². The Morgan fingerprint density at radius 1 is 1.21 bits per heavy atom. The Kier molecular flexibility index (Phi) is 5.38. The lowest BCUT2D eigenvalue weighted by molar-refractivity contribution is 0.174. The van der Waals surface area contributed by atoms with Crippen LogP contribution in [0.15, 0.2) is 24.4 Å². The van der Waals surface area contributed by atoms with Crippen LogP contribution in [0.4, 0.5) is 0 Å². The van der Waals surface area contributed by atoms with Gasteiger partial charge in [0.15, 0.2) is 0 Å². The Bertz CT molecular complexity index is 353. The minimum Gasteiger partial charge on any atom is -0.308 e. The number of hydrogen-bond acceptors (Lipinski definition) is 2. The first-order valence-corrected chi connectivity index (χ1v) is 7.85. The van der Waals surface area contributed by atoms with Gasteiger partial charge in [0, 0.05) is 6.20 Å². The molecular weight excluding hydrogens is 232 g/mol. The second-order valence-corrected chi connectivity index (χ2v) is 6.36. The first kappa shape index (κ1) is 14.5. The zero-order chi connectivity index (χ0) is 13.7. The second kappa shape index (κ2) is 7.04. The molecule has 3 atom stereocenters. The van der Waals surface area contributed by atoms with Gasteiger partial charge in [-0.1, -0.05) is 26.8 Å². The minimum absolute atomic E-state index is 0.436. The molecule has 0 aliphatic heterocycles. The molecule has 2 nitrogen and oxygen atoms in total. The molecule has 1 fully saturated rings. The van der Waals surface area contributed by atoms with E-state index in [1.807, 2.05) is 12.3 Å². The molecule has 0 amide bonds. The van der Waals surface area contributed by atoms with E-state index < -0.39 is 0 Å². The van der Waals surface area contributed by atoms with Gasteiger partial charge in [-0.05, 0) is 62.1 Å². The van der Waals surface area contributed by atoms with Gasteiger partial charge in [0.2, 0.25) is 0 Å². The molecule has 0 radical (unpaired) electrons. The number of nitrogens with one attached hydrogen (secondary N) is 1. The van der Waals surface area contributed by atoms with E-state index in [1.54, 1.807) is 0 Å². The SMILES string of the molecule is CCCNC(c1ccccn1)C1CC(C)CC(C)C1. The Labute approximate surface area is 118 Å². The van der Waals surface area contributed by atoms with Crippen LogP contribution in [-0.4, -0.2) is 11.5 Å². The minimum atomic E-state index is 0.436. The van der Waals surface area contributed by atoms with Crippen LogP contribution in [0, 0.1) is 17.8 Å². The molecule has 1 heterocycles. The summed E-state index contributed by atoms with van der Waals surface area (Å²) in [6.07, 6.45) is 7.16. The molecule has 106 valence electrons. The van der Waals surface area contributed by atoms with E-state index in [0.29, 0.717) is 6.04 Å². The van der Waals surface area contributed by atoms with E-state index in [-0.39, 0.29) is 0 Å². The van der Waals surface area contributed by atoms with Gasteiger partial charge in [0.1, 0.15) is 0 Å². The van der Waals surface area contributed by atoms with Crippen LogP contribution in [-0.2, 0) is 0 Å². The summed E-state index contributed by atoms with van der Waals surface area (Å²) in [4.78, 5) is 4.59. The molecule has 0 bridgehead atoms. The third-order valence-corrected chi connectivity index (χ3v) is 4.31. The van der Waals surface area contributed by atoms with Crippen molar-refractivity contribution in [1.82, 2.24) is 10.3 Å². The summed E-state index contributed by atoms with van der Waals surface area (Å²) < 4.78 is 0. The standard InChI is InChI=1S/C17H28N2/c1-4-8-19-17(16-7-5-6-9-18-16)15-11-13(2)10-14(3)12-15/h5-7,9,13-15,17,19H,4,8,10-12H2,1-3H3. The summed E-state index contributed by atoms with van der Waals surface area (Å²) >= 11 is 0. The van der Waals surface area contributed by atoms with Crippen LogP contribution in [0.25, 0.3) is 0 Å². The first-order chi connectivity index (χ1) is 9.20. The van der Waals surface area contributed by atoms with Crippen molar-refractivity contribution in [2.75, 3.05) is 6.54 Å². The van der Waals surface area contributed by atoms with Crippen molar-refractivity contribution in [2.24, 2.45) is 17.8 Å². The molecule has 1 aromatic rings. The Morgan fingerprint density at radius 3 is 2.53 bits per heavy atom. The lowest BCUT2D eigenvalue weighted by atomic mass is 9.73. The first-order valence-electron chi connectivity index (χ1n) is 7.85. The summed E-state index contributed by atoms with van der Waals surface area (Å²) in [5.74, 6) is 2.44. The van der Waals surface area contributed by atoms with Gasteiger partial charge in [-0.3, -0.25) is 4.98 Å². The molecule has 1 saturated carbocycles.